The van der Waals surface area contributed by atoms with Crippen LogP contribution in [0.15, 0.2) is 16.6 Å². The Kier molecular flexibility index (Phi) is 4.69. The third kappa shape index (κ3) is 3.03. The minimum Gasteiger partial charge on any atom is -0.493 e. The average Bonchev–Trinajstić information content (AvgIpc) is 2.47. The number of halogens is 1. The quantitative estimate of drug-likeness (QED) is 0.856. The van der Waals surface area contributed by atoms with Crippen molar-refractivity contribution in [1.29, 1.82) is 0 Å². The third-order valence-electron chi connectivity index (χ3n) is 3.35. The second kappa shape index (κ2) is 6.28. The molecule has 0 unspecified atom stereocenters. The molecule has 5 heteroatoms. The van der Waals surface area contributed by atoms with Gasteiger partial charge >= 0.3 is 0 Å². The summed E-state index contributed by atoms with van der Waals surface area (Å²) in [5, 5.41) is 0. The monoisotopic (exact) mass is 327 g/mol. The SMILES string of the molecule is COc1cc(Br)c(C(=O)N2CCCCC2)cc1OC. The smallest absolute Gasteiger partial charge is 0.255 e. The number of amides is 1. The van der Waals surface area contributed by atoms with E-state index in [-0.39, 0.29) is 5.91 Å². The molecule has 1 heterocycles. The number of ether oxygens (including phenoxy) is 2. The molecule has 1 saturated heterocycles. The summed E-state index contributed by atoms with van der Waals surface area (Å²) in [5.41, 5.74) is 0.625. The van der Waals surface area contributed by atoms with Gasteiger partial charge in [0.2, 0.25) is 0 Å². The van der Waals surface area contributed by atoms with Crippen LogP contribution in [0.4, 0.5) is 0 Å². The zero-order valence-electron chi connectivity index (χ0n) is 11.2. The number of hydrogen-bond donors (Lipinski definition) is 0. The highest BCUT2D eigenvalue weighted by Crippen LogP contribution is 2.34. The van der Waals surface area contributed by atoms with Crippen LogP contribution in [0.3, 0.4) is 0 Å². The second-order valence-corrected chi connectivity index (χ2v) is 5.39. The molecule has 0 aliphatic carbocycles. The summed E-state index contributed by atoms with van der Waals surface area (Å²) in [6, 6.07) is 3.51. The zero-order valence-corrected chi connectivity index (χ0v) is 12.8. The summed E-state index contributed by atoms with van der Waals surface area (Å²) in [6.07, 6.45) is 3.37. The molecule has 19 heavy (non-hydrogen) atoms. The Labute approximate surface area is 121 Å². The van der Waals surface area contributed by atoms with Crippen LogP contribution in [-0.2, 0) is 0 Å². The first-order valence-electron chi connectivity index (χ1n) is 6.38. The molecule has 0 aromatic heterocycles. The van der Waals surface area contributed by atoms with E-state index < -0.39 is 0 Å². The van der Waals surface area contributed by atoms with Crippen molar-refractivity contribution in [1.82, 2.24) is 4.90 Å². The minimum atomic E-state index is 0.0486. The van der Waals surface area contributed by atoms with Crippen molar-refractivity contribution in [3.63, 3.8) is 0 Å². The third-order valence-corrected chi connectivity index (χ3v) is 4.00. The van der Waals surface area contributed by atoms with Crippen molar-refractivity contribution in [2.75, 3.05) is 27.3 Å². The van der Waals surface area contributed by atoms with Crippen LogP contribution in [0.2, 0.25) is 0 Å². The summed E-state index contributed by atoms with van der Waals surface area (Å²) >= 11 is 3.44. The molecular formula is C14H18BrNO3. The Bertz CT molecular complexity index is 470. The molecule has 1 aromatic rings. The normalized spacial score (nSPS) is 15.2. The molecule has 1 amide bonds. The summed E-state index contributed by atoms with van der Waals surface area (Å²) in [4.78, 5) is 14.4. The minimum absolute atomic E-state index is 0.0486. The van der Waals surface area contributed by atoms with E-state index in [0.717, 1.165) is 30.4 Å². The van der Waals surface area contributed by atoms with Crippen molar-refractivity contribution in [3.8, 4) is 11.5 Å². The predicted molar refractivity (Wildman–Crippen MR) is 77.0 cm³/mol. The van der Waals surface area contributed by atoms with Gasteiger partial charge in [0.15, 0.2) is 11.5 Å². The van der Waals surface area contributed by atoms with Gasteiger partial charge in [0.05, 0.1) is 19.8 Å². The molecule has 2 rings (SSSR count). The van der Waals surface area contributed by atoms with Crippen LogP contribution in [-0.4, -0.2) is 38.1 Å². The Morgan fingerprint density at radius 1 is 1.11 bits per heavy atom. The number of methoxy groups -OCH3 is 2. The lowest BCUT2D eigenvalue weighted by Crippen LogP contribution is -2.35. The van der Waals surface area contributed by atoms with Gasteiger partial charge in [-0.25, -0.2) is 0 Å². The fourth-order valence-electron chi connectivity index (χ4n) is 2.29. The van der Waals surface area contributed by atoms with Crippen LogP contribution in [0.5, 0.6) is 11.5 Å². The molecule has 1 fully saturated rings. The van der Waals surface area contributed by atoms with Gasteiger partial charge in [0.1, 0.15) is 0 Å². The van der Waals surface area contributed by atoms with Gasteiger partial charge in [-0.2, -0.15) is 0 Å². The van der Waals surface area contributed by atoms with Gasteiger partial charge in [-0.3, -0.25) is 4.79 Å². The van der Waals surface area contributed by atoms with Gasteiger partial charge < -0.3 is 14.4 Å². The molecule has 0 N–H and O–H groups in total. The van der Waals surface area contributed by atoms with E-state index in [1.54, 1.807) is 26.4 Å². The molecule has 1 aliphatic rings. The van der Waals surface area contributed by atoms with Crippen molar-refractivity contribution in [3.05, 3.63) is 22.2 Å². The van der Waals surface area contributed by atoms with E-state index in [1.807, 2.05) is 4.90 Å². The molecule has 0 bridgehead atoms. The second-order valence-electron chi connectivity index (χ2n) is 4.54. The lowest BCUT2D eigenvalue weighted by atomic mass is 10.1. The molecule has 0 saturated carbocycles. The van der Waals surface area contributed by atoms with Gasteiger partial charge in [0, 0.05) is 17.6 Å². The summed E-state index contributed by atoms with van der Waals surface area (Å²) < 4.78 is 11.2. The Hall–Kier alpha value is -1.23. The van der Waals surface area contributed by atoms with Crippen molar-refractivity contribution >= 4 is 21.8 Å². The molecular weight excluding hydrogens is 310 g/mol. The Balaban J connectivity index is 2.30. The van der Waals surface area contributed by atoms with Crippen LogP contribution < -0.4 is 9.47 Å². The predicted octanol–water partition coefficient (Wildman–Crippen LogP) is 3.09. The molecule has 1 aromatic carbocycles. The Morgan fingerprint density at radius 3 is 2.26 bits per heavy atom. The van der Waals surface area contributed by atoms with E-state index in [4.69, 9.17) is 9.47 Å². The van der Waals surface area contributed by atoms with Crippen molar-refractivity contribution in [2.45, 2.75) is 19.3 Å². The number of nitrogens with zero attached hydrogens (tertiary/aromatic N) is 1. The molecule has 1 aliphatic heterocycles. The topological polar surface area (TPSA) is 38.8 Å². The van der Waals surface area contributed by atoms with Gasteiger partial charge in [-0.15, -0.1) is 0 Å². The van der Waals surface area contributed by atoms with Crippen LogP contribution >= 0.6 is 15.9 Å². The van der Waals surface area contributed by atoms with Crippen LogP contribution in [0, 0.1) is 0 Å². The Morgan fingerprint density at radius 2 is 1.68 bits per heavy atom. The number of rotatable bonds is 3. The van der Waals surface area contributed by atoms with Crippen LogP contribution in [0.1, 0.15) is 29.6 Å². The number of hydrogen-bond acceptors (Lipinski definition) is 3. The molecule has 104 valence electrons. The average molecular weight is 328 g/mol. The largest absolute Gasteiger partial charge is 0.493 e. The first kappa shape index (κ1) is 14.2. The van der Waals surface area contributed by atoms with Crippen LogP contribution in [0.25, 0.3) is 0 Å². The lowest BCUT2D eigenvalue weighted by molar-refractivity contribution is 0.0723. The number of likely N-dealkylation sites (tertiary alicyclic amines) is 1. The summed E-state index contributed by atoms with van der Waals surface area (Å²) in [5.74, 6) is 1.24. The van der Waals surface area contributed by atoms with E-state index in [1.165, 1.54) is 6.42 Å². The number of piperidine rings is 1. The first-order chi connectivity index (χ1) is 9.17. The summed E-state index contributed by atoms with van der Waals surface area (Å²) in [7, 11) is 3.15. The number of benzene rings is 1. The van der Waals surface area contributed by atoms with Gasteiger partial charge in [-0.1, -0.05) is 0 Å². The summed E-state index contributed by atoms with van der Waals surface area (Å²) in [6.45, 7) is 1.67. The number of carbonyl (C=O) groups excluding carboxylic acids is 1. The highest BCUT2D eigenvalue weighted by atomic mass is 79.9. The maximum atomic E-state index is 12.5. The van der Waals surface area contributed by atoms with E-state index in [2.05, 4.69) is 15.9 Å². The highest BCUT2D eigenvalue weighted by molar-refractivity contribution is 9.10. The van der Waals surface area contributed by atoms with Gasteiger partial charge in [0.25, 0.3) is 5.91 Å². The maximum absolute atomic E-state index is 12.5. The first-order valence-corrected chi connectivity index (χ1v) is 7.17. The fraction of sp³-hybridized carbons (Fsp3) is 0.500. The highest BCUT2D eigenvalue weighted by Gasteiger charge is 2.22. The van der Waals surface area contributed by atoms with E-state index in [9.17, 15) is 4.79 Å². The standard InChI is InChI=1S/C14H18BrNO3/c1-18-12-8-10(11(15)9-13(12)19-2)14(17)16-6-4-3-5-7-16/h8-9H,3-7H2,1-2H3. The number of carbonyl (C=O) groups is 1. The molecule has 4 nitrogen and oxygen atoms in total. The van der Waals surface area contributed by atoms with Gasteiger partial charge in [-0.05, 0) is 47.3 Å². The van der Waals surface area contributed by atoms with Crippen molar-refractivity contribution in [2.24, 2.45) is 0 Å². The fourth-order valence-corrected chi connectivity index (χ4v) is 2.78. The zero-order chi connectivity index (χ0) is 13.8. The molecule has 0 radical (unpaired) electrons. The van der Waals surface area contributed by atoms with E-state index in [0.29, 0.717) is 17.1 Å². The lowest BCUT2D eigenvalue weighted by Gasteiger charge is -2.27. The molecule has 0 spiro atoms. The van der Waals surface area contributed by atoms with E-state index >= 15 is 0 Å². The maximum Gasteiger partial charge on any atom is 0.255 e. The molecule has 0 atom stereocenters. The van der Waals surface area contributed by atoms with Crippen molar-refractivity contribution < 1.29 is 14.3 Å².